The van der Waals surface area contributed by atoms with Crippen LogP contribution < -0.4 is 5.56 Å². The fourth-order valence-electron chi connectivity index (χ4n) is 4.47. The Labute approximate surface area is 171 Å². The molecule has 0 bridgehead atoms. The summed E-state index contributed by atoms with van der Waals surface area (Å²) in [5, 5.41) is -0.516. The minimum atomic E-state index is -3.41. The van der Waals surface area contributed by atoms with Gasteiger partial charge in [0.2, 0.25) is 15.9 Å². The van der Waals surface area contributed by atoms with Crippen LogP contribution in [0.25, 0.3) is 0 Å². The Morgan fingerprint density at radius 1 is 1.24 bits per heavy atom. The van der Waals surface area contributed by atoms with Crippen molar-refractivity contribution in [2.45, 2.75) is 70.7 Å². The number of amides is 1. The van der Waals surface area contributed by atoms with Crippen molar-refractivity contribution in [3.8, 4) is 0 Å². The summed E-state index contributed by atoms with van der Waals surface area (Å²) < 4.78 is 26.6. The number of carbonyl (C=O) groups is 1. The van der Waals surface area contributed by atoms with Gasteiger partial charge in [0.05, 0.1) is 23.5 Å². The second-order valence-corrected chi connectivity index (χ2v) is 11.4. The summed E-state index contributed by atoms with van der Waals surface area (Å²) in [5.41, 5.74) is 0.884. The van der Waals surface area contributed by atoms with Gasteiger partial charge in [-0.1, -0.05) is 6.92 Å². The van der Waals surface area contributed by atoms with Gasteiger partial charge >= 0.3 is 0 Å². The number of likely N-dealkylation sites (tertiary alicyclic amines) is 1. The van der Waals surface area contributed by atoms with Gasteiger partial charge < -0.3 is 9.88 Å². The largest absolute Gasteiger partial charge is 0.332 e. The third-order valence-corrected chi connectivity index (χ3v) is 8.76. The molecule has 9 heteroatoms. The molecule has 4 rings (SSSR count). The number of hydrogen-bond acceptors (Lipinski definition) is 5. The number of nitrogens with zero attached hydrogens (tertiary/aromatic N) is 3. The van der Waals surface area contributed by atoms with Crippen molar-refractivity contribution in [1.29, 1.82) is 0 Å². The fourth-order valence-corrected chi connectivity index (χ4v) is 5.71. The highest BCUT2D eigenvalue weighted by Gasteiger charge is 2.44. The molecule has 3 heterocycles. The van der Waals surface area contributed by atoms with Crippen LogP contribution in [0.4, 0.5) is 0 Å². The van der Waals surface area contributed by atoms with Crippen LogP contribution in [0.5, 0.6) is 0 Å². The summed E-state index contributed by atoms with van der Waals surface area (Å²) in [6, 6.07) is -0.237. The molecule has 1 amide bonds. The first-order valence-electron chi connectivity index (χ1n) is 10.6. The zero-order valence-corrected chi connectivity index (χ0v) is 18.2. The van der Waals surface area contributed by atoms with Crippen molar-refractivity contribution in [3.63, 3.8) is 0 Å². The van der Waals surface area contributed by atoms with E-state index in [1.165, 1.54) is 4.31 Å². The van der Waals surface area contributed by atoms with Crippen LogP contribution in [0.15, 0.2) is 4.79 Å². The highest BCUT2D eigenvalue weighted by molar-refractivity contribution is 7.89. The molecular formula is C20H30N4O4S. The van der Waals surface area contributed by atoms with Gasteiger partial charge in [0, 0.05) is 24.6 Å². The fraction of sp³-hybridized carbons (Fsp3) is 0.750. The first-order chi connectivity index (χ1) is 13.7. The lowest BCUT2D eigenvalue weighted by Crippen LogP contribution is -2.44. The third kappa shape index (κ3) is 3.74. The number of piperidine rings is 1. The van der Waals surface area contributed by atoms with Gasteiger partial charge in [0.15, 0.2) is 0 Å². The number of aromatic amines is 1. The van der Waals surface area contributed by atoms with E-state index in [2.05, 4.69) is 11.9 Å². The molecule has 1 aromatic rings. The Bertz CT molecular complexity index is 971. The number of sulfonamides is 1. The zero-order chi connectivity index (χ0) is 20.9. The number of hydrogen-bond donors (Lipinski definition) is 1. The topological polar surface area (TPSA) is 103 Å². The van der Waals surface area contributed by atoms with Crippen LogP contribution in [0.2, 0.25) is 0 Å². The Balaban J connectivity index is 1.65. The van der Waals surface area contributed by atoms with E-state index in [0.717, 1.165) is 25.7 Å². The minimum Gasteiger partial charge on any atom is -0.332 e. The highest BCUT2D eigenvalue weighted by Crippen LogP contribution is 2.42. The minimum absolute atomic E-state index is 0.0895. The van der Waals surface area contributed by atoms with E-state index in [1.807, 2.05) is 4.90 Å². The second kappa shape index (κ2) is 7.50. The molecule has 0 spiro atoms. The smallest absolute Gasteiger partial charge is 0.254 e. The molecule has 2 aliphatic heterocycles. The van der Waals surface area contributed by atoms with Crippen molar-refractivity contribution >= 4 is 15.9 Å². The lowest BCUT2D eigenvalue weighted by atomic mass is 9.99. The van der Waals surface area contributed by atoms with Gasteiger partial charge in [0.25, 0.3) is 5.56 Å². The SMILES string of the molecule is CC(C)S(=O)(=O)N1CCc2c(nc([C@H]3CCCCN3C(=O)[C@@H]3C[C@@H]3C)[nH]c2=O)C1. The molecule has 1 aliphatic carbocycles. The van der Waals surface area contributed by atoms with Crippen molar-refractivity contribution in [3.05, 3.63) is 27.4 Å². The molecular weight excluding hydrogens is 392 g/mol. The number of H-pyrrole nitrogens is 1. The van der Waals surface area contributed by atoms with Crippen LogP contribution in [0.3, 0.4) is 0 Å². The van der Waals surface area contributed by atoms with Gasteiger partial charge in [0.1, 0.15) is 5.82 Å². The summed E-state index contributed by atoms with van der Waals surface area (Å²) in [5.74, 6) is 1.17. The summed E-state index contributed by atoms with van der Waals surface area (Å²) in [7, 11) is -3.41. The van der Waals surface area contributed by atoms with Crippen molar-refractivity contribution in [2.24, 2.45) is 11.8 Å². The molecule has 1 saturated heterocycles. The van der Waals surface area contributed by atoms with Crippen LogP contribution in [0.1, 0.15) is 69.6 Å². The standard InChI is InChI=1S/C20H30N4O4S/c1-12(2)29(27,28)23-9-7-14-16(11-23)21-18(22-19(14)25)17-6-4-5-8-24(17)20(26)15-10-13(15)3/h12-13,15,17H,4-11H2,1-3H3,(H,21,22,25)/t13-,15+,17+/m0/s1. The van der Waals surface area contributed by atoms with Gasteiger partial charge in [-0.05, 0) is 51.9 Å². The van der Waals surface area contributed by atoms with E-state index in [4.69, 9.17) is 4.98 Å². The van der Waals surface area contributed by atoms with Crippen molar-refractivity contribution in [1.82, 2.24) is 19.2 Å². The number of nitrogens with one attached hydrogen (secondary N) is 1. The summed E-state index contributed by atoms with van der Waals surface area (Å²) in [6.45, 7) is 6.50. The van der Waals surface area contributed by atoms with Crippen LogP contribution in [-0.2, 0) is 27.8 Å². The Kier molecular flexibility index (Phi) is 5.31. The number of rotatable bonds is 4. The maximum Gasteiger partial charge on any atom is 0.254 e. The molecule has 1 aromatic heterocycles. The molecule has 3 aliphatic rings. The van der Waals surface area contributed by atoms with E-state index < -0.39 is 15.3 Å². The first-order valence-corrected chi connectivity index (χ1v) is 12.1. The predicted octanol–water partition coefficient (Wildman–Crippen LogP) is 1.58. The summed E-state index contributed by atoms with van der Waals surface area (Å²) in [6.07, 6.45) is 3.99. The lowest BCUT2D eigenvalue weighted by molar-refractivity contribution is -0.137. The molecule has 0 aromatic carbocycles. The zero-order valence-electron chi connectivity index (χ0n) is 17.3. The normalized spacial score (nSPS) is 27.7. The van der Waals surface area contributed by atoms with Gasteiger partial charge in [-0.15, -0.1) is 0 Å². The van der Waals surface area contributed by atoms with Crippen molar-refractivity contribution < 1.29 is 13.2 Å². The summed E-state index contributed by atoms with van der Waals surface area (Å²) in [4.78, 5) is 35.1. The number of aromatic nitrogens is 2. The van der Waals surface area contributed by atoms with Crippen LogP contribution in [-0.4, -0.2) is 51.8 Å². The van der Waals surface area contributed by atoms with E-state index >= 15 is 0 Å². The molecule has 2 fully saturated rings. The lowest BCUT2D eigenvalue weighted by Gasteiger charge is -2.36. The molecule has 29 heavy (non-hydrogen) atoms. The number of carbonyl (C=O) groups excluding carboxylic acids is 1. The molecule has 3 atom stereocenters. The molecule has 1 N–H and O–H groups in total. The van der Waals surface area contributed by atoms with Gasteiger partial charge in [-0.25, -0.2) is 13.4 Å². The van der Waals surface area contributed by atoms with E-state index in [9.17, 15) is 18.0 Å². The van der Waals surface area contributed by atoms with Crippen LogP contribution in [0, 0.1) is 11.8 Å². The molecule has 1 saturated carbocycles. The van der Waals surface area contributed by atoms with E-state index in [-0.39, 0.29) is 30.0 Å². The maximum atomic E-state index is 12.9. The number of fused-ring (bicyclic) bond motifs is 1. The molecule has 0 unspecified atom stereocenters. The maximum absolute atomic E-state index is 12.9. The first kappa shape index (κ1) is 20.5. The third-order valence-electron chi connectivity index (χ3n) is 6.54. The van der Waals surface area contributed by atoms with E-state index in [1.54, 1.807) is 13.8 Å². The molecule has 160 valence electrons. The van der Waals surface area contributed by atoms with Gasteiger partial charge in [-0.2, -0.15) is 4.31 Å². The van der Waals surface area contributed by atoms with E-state index in [0.29, 0.717) is 42.5 Å². The van der Waals surface area contributed by atoms with Crippen molar-refractivity contribution in [2.75, 3.05) is 13.1 Å². The predicted molar refractivity (Wildman–Crippen MR) is 109 cm³/mol. The Morgan fingerprint density at radius 3 is 2.62 bits per heavy atom. The monoisotopic (exact) mass is 422 g/mol. The van der Waals surface area contributed by atoms with Gasteiger partial charge in [-0.3, -0.25) is 9.59 Å². The molecule has 8 nitrogen and oxygen atoms in total. The quantitative estimate of drug-likeness (QED) is 0.793. The van der Waals surface area contributed by atoms with Crippen LogP contribution >= 0.6 is 0 Å². The highest BCUT2D eigenvalue weighted by atomic mass is 32.2. The second-order valence-electron chi connectivity index (χ2n) is 8.92. The molecule has 0 radical (unpaired) electrons. The average Bonchev–Trinajstić information content (AvgIpc) is 3.43. The Hall–Kier alpha value is -1.74. The average molecular weight is 423 g/mol. The Morgan fingerprint density at radius 2 is 1.97 bits per heavy atom. The summed E-state index contributed by atoms with van der Waals surface area (Å²) >= 11 is 0.